The van der Waals surface area contributed by atoms with Crippen LogP contribution in [0.25, 0.3) is 0 Å². The smallest absolute Gasteiger partial charge is 0.146 e. The second-order valence-electron chi connectivity index (χ2n) is 4.97. The zero-order valence-electron chi connectivity index (χ0n) is 15.1. The molecule has 0 aliphatic rings. The lowest BCUT2D eigenvalue weighted by Crippen LogP contribution is -2.18. The topological polar surface area (TPSA) is 13.0 Å². The van der Waals surface area contributed by atoms with Crippen LogP contribution in [-0.2, 0) is 0 Å². The van der Waals surface area contributed by atoms with Crippen molar-refractivity contribution in [3.8, 4) is 0 Å². The van der Waals surface area contributed by atoms with Gasteiger partial charge in [0.25, 0.3) is 0 Å². The fraction of sp³-hybridized carbons (Fsp3) is 0.667. The summed E-state index contributed by atoms with van der Waals surface area (Å²) in [6.45, 7) is 0. The third-order valence-corrected chi connectivity index (χ3v) is 10.1. The second kappa shape index (κ2) is 15.1. The Bertz CT molecular complexity index is 357. The van der Waals surface area contributed by atoms with E-state index in [1.54, 1.807) is 0 Å². The molecule has 0 aromatic rings. The molecule has 0 unspecified atom stereocenters. The van der Waals surface area contributed by atoms with Gasteiger partial charge in [0.15, 0.2) is 0 Å². The first-order valence-corrected chi connectivity index (χ1v) is 12.4. The summed E-state index contributed by atoms with van der Waals surface area (Å²) in [7, 11) is 21.5. The SMILES string of the molecule is CN(C)C(=S)SSC(=S)N(C)C.CN(C)C(=S)SSC(=S)N(C)C. The van der Waals surface area contributed by atoms with Gasteiger partial charge in [-0.25, -0.2) is 0 Å². The molecule has 0 fully saturated rings. The van der Waals surface area contributed by atoms with Gasteiger partial charge >= 0.3 is 0 Å². The normalized spacial score (nSPS) is 9.33. The lowest BCUT2D eigenvalue weighted by atomic mass is 11.0. The van der Waals surface area contributed by atoms with E-state index in [4.69, 9.17) is 48.9 Å². The Morgan fingerprint density at radius 2 is 0.542 bits per heavy atom. The Hall–Kier alpha value is 0.960. The molecule has 0 N–H and O–H groups in total. The van der Waals surface area contributed by atoms with E-state index < -0.39 is 0 Å². The molecule has 0 aliphatic heterocycles. The summed E-state index contributed by atoms with van der Waals surface area (Å²) >= 11 is 20.3. The van der Waals surface area contributed by atoms with Crippen molar-refractivity contribution in [3.05, 3.63) is 0 Å². The number of rotatable bonds is 0. The van der Waals surface area contributed by atoms with Crippen LogP contribution in [0.5, 0.6) is 0 Å². The molecule has 0 heterocycles. The third-order valence-electron chi connectivity index (χ3n) is 1.83. The number of hydrogen-bond donors (Lipinski definition) is 0. The molecule has 140 valence electrons. The standard InChI is InChI=1S/2C6H12N2S4/c2*1-7(2)5(9)11-12-6(10)8(3)4/h2*1-4H3. The van der Waals surface area contributed by atoms with E-state index in [0.29, 0.717) is 0 Å². The van der Waals surface area contributed by atoms with Gasteiger partial charge < -0.3 is 19.6 Å². The van der Waals surface area contributed by atoms with E-state index >= 15 is 0 Å². The quantitative estimate of drug-likeness (QED) is 0.366. The number of hydrogen-bond acceptors (Lipinski definition) is 8. The van der Waals surface area contributed by atoms with Gasteiger partial charge in [-0.05, 0) is 43.2 Å². The first kappa shape index (κ1) is 27.2. The van der Waals surface area contributed by atoms with Crippen molar-refractivity contribution in [1.29, 1.82) is 0 Å². The van der Waals surface area contributed by atoms with Crippen LogP contribution in [0, 0.1) is 0 Å². The molecule has 0 bridgehead atoms. The van der Waals surface area contributed by atoms with Crippen molar-refractivity contribution < 1.29 is 0 Å². The number of nitrogens with zero attached hydrogens (tertiary/aromatic N) is 4. The zero-order valence-corrected chi connectivity index (χ0v) is 21.6. The summed E-state index contributed by atoms with van der Waals surface area (Å²) in [5.41, 5.74) is 0. The monoisotopic (exact) mass is 480 g/mol. The maximum Gasteiger partial charge on any atom is 0.146 e. The summed E-state index contributed by atoms with van der Waals surface area (Å²) in [6, 6.07) is 0. The molecule has 0 aromatic carbocycles. The third kappa shape index (κ3) is 15.2. The van der Waals surface area contributed by atoms with Crippen molar-refractivity contribution >= 4 is 109 Å². The molecule has 0 saturated carbocycles. The molecule has 0 radical (unpaired) electrons. The van der Waals surface area contributed by atoms with E-state index in [0.717, 1.165) is 17.3 Å². The van der Waals surface area contributed by atoms with Crippen molar-refractivity contribution in [2.75, 3.05) is 56.4 Å². The molecule has 0 atom stereocenters. The van der Waals surface area contributed by atoms with Gasteiger partial charge in [0.2, 0.25) is 0 Å². The van der Waals surface area contributed by atoms with Gasteiger partial charge in [-0.3, -0.25) is 0 Å². The average Bonchev–Trinajstić information content (AvgIpc) is 2.49. The van der Waals surface area contributed by atoms with E-state index in [2.05, 4.69) is 0 Å². The van der Waals surface area contributed by atoms with Crippen LogP contribution in [0.1, 0.15) is 0 Å². The summed E-state index contributed by atoms with van der Waals surface area (Å²) < 4.78 is 3.35. The first-order valence-electron chi connectivity index (χ1n) is 6.44. The summed E-state index contributed by atoms with van der Waals surface area (Å²) in [5, 5.41) is 0. The van der Waals surface area contributed by atoms with Crippen LogP contribution in [-0.4, -0.2) is 93.3 Å². The van der Waals surface area contributed by atoms with Crippen molar-refractivity contribution in [2.45, 2.75) is 0 Å². The minimum Gasteiger partial charge on any atom is -0.363 e. The van der Waals surface area contributed by atoms with Gasteiger partial charge in [0, 0.05) is 56.4 Å². The molecule has 0 amide bonds. The van der Waals surface area contributed by atoms with Gasteiger partial charge in [-0.15, -0.1) is 0 Å². The Morgan fingerprint density at radius 1 is 0.417 bits per heavy atom. The highest BCUT2D eigenvalue weighted by atomic mass is 33.1. The summed E-state index contributed by atoms with van der Waals surface area (Å²) in [5.74, 6) is 0. The predicted octanol–water partition coefficient (Wildman–Crippen LogP) is 4.12. The van der Waals surface area contributed by atoms with Crippen LogP contribution in [0.4, 0.5) is 0 Å². The predicted molar refractivity (Wildman–Crippen MR) is 136 cm³/mol. The van der Waals surface area contributed by atoms with Crippen LogP contribution >= 0.6 is 92.0 Å². The van der Waals surface area contributed by atoms with Gasteiger partial charge in [-0.1, -0.05) is 48.9 Å². The van der Waals surface area contributed by atoms with Crippen LogP contribution in [0.2, 0.25) is 0 Å². The highest BCUT2D eigenvalue weighted by molar-refractivity contribution is 8.90. The highest BCUT2D eigenvalue weighted by Gasteiger charge is 2.05. The van der Waals surface area contributed by atoms with E-state index in [-0.39, 0.29) is 0 Å². The molecular weight excluding hydrogens is 457 g/mol. The lowest BCUT2D eigenvalue weighted by Gasteiger charge is -2.15. The fourth-order valence-corrected chi connectivity index (χ4v) is 5.19. The van der Waals surface area contributed by atoms with Crippen molar-refractivity contribution in [1.82, 2.24) is 19.6 Å². The minimum atomic E-state index is 0.837. The first-order chi connectivity index (χ1) is 10.9. The molecule has 0 saturated heterocycles. The average molecular weight is 481 g/mol. The maximum atomic E-state index is 5.07. The molecule has 12 heteroatoms. The van der Waals surface area contributed by atoms with Crippen LogP contribution in [0.3, 0.4) is 0 Å². The molecule has 24 heavy (non-hydrogen) atoms. The van der Waals surface area contributed by atoms with E-state index in [1.807, 2.05) is 76.0 Å². The van der Waals surface area contributed by atoms with Crippen molar-refractivity contribution in [2.24, 2.45) is 0 Å². The molecule has 0 aromatic heterocycles. The Kier molecular flexibility index (Phi) is 17.1. The Morgan fingerprint density at radius 3 is 0.625 bits per heavy atom. The van der Waals surface area contributed by atoms with Crippen LogP contribution in [0.15, 0.2) is 0 Å². The van der Waals surface area contributed by atoms with E-state index in [1.165, 1.54) is 43.2 Å². The molecule has 0 aliphatic carbocycles. The Balaban J connectivity index is 0. The van der Waals surface area contributed by atoms with Gasteiger partial charge in [-0.2, -0.15) is 0 Å². The molecule has 0 rings (SSSR count). The minimum absolute atomic E-state index is 0.837. The molecule has 0 spiro atoms. The zero-order chi connectivity index (χ0) is 19.4. The van der Waals surface area contributed by atoms with Gasteiger partial charge in [0.05, 0.1) is 0 Å². The Labute approximate surface area is 184 Å². The highest BCUT2D eigenvalue weighted by Crippen LogP contribution is 2.27. The summed E-state index contributed by atoms with van der Waals surface area (Å²) in [4.78, 5) is 7.58. The fourth-order valence-electron chi connectivity index (χ4n) is 0.441. The number of thiocarbonyl (C=S) groups is 4. The second-order valence-corrected chi connectivity index (χ2v) is 11.8. The lowest BCUT2D eigenvalue weighted by molar-refractivity contribution is 0.647. The largest absolute Gasteiger partial charge is 0.363 e. The maximum absolute atomic E-state index is 5.07. The van der Waals surface area contributed by atoms with Gasteiger partial charge in [0.1, 0.15) is 17.3 Å². The summed E-state index contributed by atoms with van der Waals surface area (Å²) in [6.07, 6.45) is 0. The molecule has 4 nitrogen and oxygen atoms in total. The van der Waals surface area contributed by atoms with Crippen LogP contribution < -0.4 is 0 Å². The van der Waals surface area contributed by atoms with E-state index in [9.17, 15) is 0 Å². The van der Waals surface area contributed by atoms with Crippen molar-refractivity contribution in [3.63, 3.8) is 0 Å². The molecular formula is C12H24N4S8.